The molecule has 2 heteroatoms. The monoisotopic (exact) mass is 243 g/mol. The molecule has 1 nitrogen and oxygen atoms in total. The maximum absolute atomic E-state index is 4.88. The summed E-state index contributed by atoms with van der Waals surface area (Å²) in [5.74, 6) is 0. The Hall–Kier alpha value is -0.0300. The number of hydrogen-bond donors (Lipinski definition) is 0. The van der Waals surface area contributed by atoms with E-state index in [1.807, 2.05) is 13.1 Å². The van der Waals surface area contributed by atoms with Crippen LogP contribution in [0.15, 0.2) is 17.4 Å². The number of nitrogens with zero attached hydrogens (tertiary/aromatic N) is 1. The topological polar surface area (TPSA) is 12.4 Å². The summed E-state index contributed by atoms with van der Waals surface area (Å²) in [6.45, 7) is 13.2. The molecular formula is C14H30NP. The minimum atomic E-state index is -1.13. The van der Waals surface area contributed by atoms with Gasteiger partial charge in [-0.25, -0.2) is 0 Å². The van der Waals surface area contributed by atoms with Gasteiger partial charge in [-0.2, -0.15) is 0 Å². The summed E-state index contributed by atoms with van der Waals surface area (Å²) in [6.07, 6.45) is 9.69. The van der Waals surface area contributed by atoms with E-state index < -0.39 is 7.05 Å². The quantitative estimate of drug-likeness (QED) is 0.323. The summed E-state index contributed by atoms with van der Waals surface area (Å²) in [5.41, 5.74) is 0. The zero-order chi connectivity index (χ0) is 12.7. The SMILES string of the molecule is C=CCCCP(CCCC)(=NC)C(C)(C)C. The molecule has 96 valence electrons. The summed E-state index contributed by atoms with van der Waals surface area (Å²) in [4.78, 5) is 0. The van der Waals surface area contributed by atoms with Gasteiger partial charge in [-0.3, -0.25) is 0 Å². The minimum absolute atomic E-state index is 0.373. The maximum atomic E-state index is 4.88. The third-order valence-corrected chi connectivity index (χ3v) is 8.82. The Bertz CT molecular complexity index is 248. The van der Waals surface area contributed by atoms with Crippen LogP contribution in [0.25, 0.3) is 0 Å². The average Bonchev–Trinajstić information content (AvgIpc) is 2.21. The van der Waals surface area contributed by atoms with Gasteiger partial charge in [-0.15, -0.1) is 6.58 Å². The first-order valence-corrected chi connectivity index (χ1v) is 8.64. The first-order valence-electron chi connectivity index (χ1n) is 6.53. The first kappa shape index (κ1) is 16.0. The lowest BCUT2D eigenvalue weighted by molar-refractivity contribution is 0.750. The second-order valence-electron chi connectivity index (χ2n) is 5.53. The first-order chi connectivity index (χ1) is 7.43. The van der Waals surface area contributed by atoms with Crippen LogP contribution in [0, 0.1) is 0 Å². The lowest BCUT2D eigenvalue weighted by Gasteiger charge is -2.37. The fourth-order valence-corrected chi connectivity index (χ4v) is 6.31. The summed E-state index contributed by atoms with van der Waals surface area (Å²) in [7, 11) is 0.914. The molecule has 16 heavy (non-hydrogen) atoms. The lowest BCUT2D eigenvalue weighted by Crippen LogP contribution is -2.20. The van der Waals surface area contributed by atoms with Crippen LogP contribution in [0.2, 0.25) is 0 Å². The van der Waals surface area contributed by atoms with Crippen LogP contribution in [0.4, 0.5) is 0 Å². The summed E-state index contributed by atoms with van der Waals surface area (Å²) in [5, 5.41) is 0.373. The van der Waals surface area contributed by atoms with Gasteiger partial charge in [0.05, 0.1) is 0 Å². The third kappa shape index (κ3) is 4.45. The highest BCUT2D eigenvalue weighted by Crippen LogP contribution is 2.61. The van der Waals surface area contributed by atoms with Crippen LogP contribution >= 0.6 is 7.05 Å². The molecule has 0 N–H and O–H groups in total. The van der Waals surface area contributed by atoms with Crippen LogP contribution in [-0.2, 0) is 0 Å². The van der Waals surface area contributed by atoms with Gasteiger partial charge in [0.25, 0.3) is 0 Å². The van der Waals surface area contributed by atoms with Gasteiger partial charge >= 0.3 is 0 Å². The Kier molecular flexibility index (Phi) is 7.31. The van der Waals surface area contributed by atoms with Gasteiger partial charge in [0, 0.05) is 7.05 Å². The second kappa shape index (κ2) is 7.33. The van der Waals surface area contributed by atoms with E-state index in [9.17, 15) is 0 Å². The molecule has 0 spiro atoms. The maximum Gasteiger partial charge on any atom is 0.0262 e. The molecule has 0 aromatic rings. The largest absolute Gasteiger partial charge is 0.306 e. The van der Waals surface area contributed by atoms with Gasteiger partial charge in [0.1, 0.15) is 0 Å². The normalized spacial score (nSPS) is 15.6. The molecule has 0 bridgehead atoms. The van der Waals surface area contributed by atoms with E-state index in [-0.39, 0.29) is 0 Å². The summed E-state index contributed by atoms with van der Waals surface area (Å²) >= 11 is 0. The van der Waals surface area contributed by atoms with Gasteiger partial charge in [0.15, 0.2) is 0 Å². The molecule has 1 atom stereocenters. The van der Waals surface area contributed by atoms with E-state index in [0.29, 0.717) is 5.16 Å². The van der Waals surface area contributed by atoms with Crippen molar-refractivity contribution in [1.29, 1.82) is 0 Å². The Balaban J connectivity index is 4.77. The Morgan fingerprint density at radius 3 is 2.12 bits per heavy atom. The van der Waals surface area contributed by atoms with E-state index in [1.54, 1.807) is 0 Å². The molecule has 0 rings (SSSR count). The molecule has 0 aliphatic rings. The molecule has 0 saturated heterocycles. The Morgan fingerprint density at radius 1 is 1.19 bits per heavy atom. The van der Waals surface area contributed by atoms with E-state index in [4.69, 9.17) is 4.74 Å². The number of unbranched alkanes of at least 4 members (excludes halogenated alkanes) is 2. The van der Waals surface area contributed by atoms with Gasteiger partial charge in [0.2, 0.25) is 0 Å². The number of allylic oxidation sites excluding steroid dienone is 1. The van der Waals surface area contributed by atoms with Crippen LogP contribution in [0.1, 0.15) is 53.4 Å². The number of hydrogen-bond acceptors (Lipinski definition) is 1. The minimum Gasteiger partial charge on any atom is -0.306 e. The van der Waals surface area contributed by atoms with Crippen LogP contribution < -0.4 is 0 Å². The van der Waals surface area contributed by atoms with Crippen molar-refractivity contribution in [2.24, 2.45) is 4.74 Å². The van der Waals surface area contributed by atoms with Crippen LogP contribution in [0.5, 0.6) is 0 Å². The van der Waals surface area contributed by atoms with Crippen molar-refractivity contribution in [3.63, 3.8) is 0 Å². The van der Waals surface area contributed by atoms with Crippen molar-refractivity contribution >= 4 is 7.05 Å². The highest BCUT2D eigenvalue weighted by atomic mass is 31.2. The van der Waals surface area contributed by atoms with Gasteiger partial charge in [-0.05, 0) is 43.8 Å². The predicted octanol–water partition coefficient (Wildman–Crippen LogP) is 5.38. The summed E-state index contributed by atoms with van der Waals surface area (Å²) in [6, 6.07) is 0. The van der Waals surface area contributed by atoms with Crippen molar-refractivity contribution in [1.82, 2.24) is 0 Å². The van der Waals surface area contributed by atoms with Crippen molar-refractivity contribution in [3.8, 4) is 0 Å². The molecule has 0 aliphatic carbocycles. The fourth-order valence-electron chi connectivity index (χ4n) is 2.20. The molecular weight excluding hydrogens is 213 g/mol. The van der Waals surface area contributed by atoms with E-state index in [2.05, 4.69) is 34.3 Å². The van der Waals surface area contributed by atoms with Crippen molar-refractivity contribution in [2.45, 2.75) is 58.5 Å². The third-order valence-electron chi connectivity index (χ3n) is 3.45. The molecule has 0 amide bonds. The van der Waals surface area contributed by atoms with Crippen molar-refractivity contribution < 1.29 is 0 Å². The smallest absolute Gasteiger partial charge is 0.0262 e. The zero-order valence-corrected chi connectivity index (χ0v) is 12.8. The molecule has 0 radical (unpaired) electrons. The van der Waals surface area contributed by atoms with Crippen molar-refractivity contribution in [3.05, 3.63) is 12.7 Å². The molecule has 1 unspecified atom stereocenters. The van der Waals surface area contributed by atoms with Crippen molar-refractivity contribution in [2.75, 3.05) is 19.4 Å². The molecule has 0 saturated carbocycles. The molecule has 0 aromatic carbocycles. The molecule has 0 aliphatic heterocycles. The van der Waals surface area contributed by atoms with Crippen LogP contribution in [0.3, 0.4) is 0 Å². The Labute approximate surface area is 103 Å². The standard InChI is InChI=1S/C14H30NP/c1-7-9-11-13-16(15-6,12-10-8-2)14(3,4)5/h7H,1,8-13H2,2-6H3. The summed E-state index contributed by atoms with van der Waals surface area (Å²) < 4.78 is 4.88. The van der Waals surface area contributed by atoms with E-state index in [1.165, 1.54) is 31.6 Å². The molecule has 0 heterocycles. The number of rotatable bonds is 7. The highest BCUT2D eigenvalue weighted by Gasteiger charge is 2.31. The van der Waals surface area contributed by atoms with Crippen LogP contribution in [-0.4, -0.2) is 24.5 Å². The van der Waals surface area contributed by atoms with E-state index in [0.717, 1.165) is 6.42 Å². The fraction of sp³-hybridized carbons (Fsp3) is 0.857. The Morgan fingerprint density at radius 2 is 1.75 bits per heavy atom. The molecule has 0 aromatic heterocycles. The second-order valence-corrected chi connectivity index (χ2v) is 10.0. The van der Waals surface area contributed by atoms with Gasteiger partial charge in [-0.1, -0.05) is 40.2 Å². The lowest BCUT2D eigenvalue weighted by atomic mass is 10.3. The van der Waals surface area contributed by atoms with Gasteiger partial charge < -0.3 is 4.74 Å². The predicted molar refractivity (Wildman–Crippen MR) is 79.1 cm³/mol. The average molecular weight is 243 g/mol. The molecule has 0 fully saturated rings. The highest BCUT2D eigenvalue weighted by molar-refractivity contribution is 7.67. The van der Waals surface area contributed by atoms with E-state index >= 15 is 0 Å². The zero-order valence-electron chi connectivity index (χ0n) is 11.9.